The van der Waals surface area contributed by atoms with E-state index in [-0.39, 0.29) is 43.4 Å². The van der Waals surface area contributed by atoms with Crippen LogP contribution in [-0.2, 0) is 17.1 Å². The van der Waals surface area contributed by atoms with Crippen LogP contribution in [0.15, 0.2) is 17.5 Å². The van der Waals surface area contributed by atoms with Crippen molar-refractivity contribution in [2.24, 2.45) is 0 Å². The van der Waals surface area contributed by atoms with Gasteiger partial charge in [-0.1, -0.05) is 0 Å². The molecule has 0 nitrogen and oxygen atoms in total. The Bertz CT molecular complexity index is 68.9. The van der Waals surface area contributed by atoms with Gasteiger partial charge >= 0.3 is 35.9 Å². The molecule has 0 aliphatic carbocycles. The first-order valence-electron chi connectivity index (χ1n) is 1.40. The smallest absolute Gasteiger partial charge is 0.358 e. The largest absolute Gasteiger partial charge is 1.00 e. The van der Waals surface area contributed by atoms with E-state index in [1.54, 1.807) is 11.3 Å². The molecule has 0 radical (unpaired) electrons. The Morgan fingerprint density at radius 1 is 1.38 bits per heavy atom. The quantitative estimate of drug-likeness (QED) is 0.345. The summed E-state index contributed by atoms with van der Waals surface area (Å²) in [5, 5.41) is 4.89. The fraction of sp³-hybridized carbons (Fsp3) is 0. The third kappa shape index (κ3) is 6.82. The average Bonchev–Trinajstić information content (AvgIpc) is 1.76. The van der Waals surface area contributed by atoms with E-state index in [1.165, 1.54) is 0 Å². The Kier molecular flexibility index (Phi) is 21.4. The van der Waals surface area contributed by atoms with Crippen LogP contribution < -0.4 is 18.9 Å². The van der Waals surface area contributed by atoms with Crippen molar-refractivity contribution >= 4 is 11.3 Å². The van der Waals surface area contributed by atoms with Crippen molar-refractivity contribution in [3.05, 3.63) is 30.3 Å². The number of hydrogen-bond acceptors (Lipinski definition) is 1. The van der Waals surface area contributed by atoms with Crippen molar-refractivity contribution < 1.29 is 35.9 Å². The average molecular weight is 169 g/mol. The summed E-state index contributed by atoms with van der Waals surface area (Å²) in [6.45, 7) is 0. The monoisotopic (exact) mass is 168 g/mol. The van der Waals surface area contributed by atoms with Crippen LogP contribution >= 0.6 is 11.3 Å². The zero-order chi connectivity index (χ0) is 3.54. The normalized spacial score (nSPS) is 5.00. The maximum Gasteiger partial charge on any atom is 1.00 e. The Morgan fingerprint density at radius 3 is 2.12 bits per heavy atom. The van der Waals surface area contributed by atoms with Gasteiger partial charge in [0.25, 0.3) is 0 Å². The molecule has 8 heavy (non-hydrogen) atoms. The van der Waals surface area contributed by atoms with Crippen molar-refractivity contribution in [1.82, 2.24) is 0 Å². The minimum atomic E-state index is 0. The Hall–Kier alpha value is 0.817. The molecule has 1 rings (SSSR count). The molecule has 1 heterocycles. The third-order valence-electron chi connectivity index (χ3n) is 0.379. The van der Waals surface area contributed by atoms with E-state index in [1.807, 2.05) is 17.5 Å². The molecule has 0 amide bonds. The zero-order valence-electron chi connectivity index (χ0n) is 4.94. The number of thiophene rings is 1. The van der Waals surface area contributed by atoms with E-state index in [9.17, 15) is 0 Å². The summed E-state index contributed by atoms with van der Waals surface area (Å²) >= 11 is 1.59. The standard InChI is InChI=1S/C4H3S.CH3.Cu.Li/c1-2-4-5-3-1;;;/h1-3H;1H3;;/q2*-1;2*+1. The molecular weight excluding hydrogens is 163 g/mol. The van der Waals surface area contributed by atoms with Gasteiger partial charge in [0.2, 0.25) is 0 Å². The summed E-state index contributed by atoms with van der Waals surface area (Å²) in [6.07, 6.45) is 0. The molecule has 0 bridgehead atoms. The SMILES string of the molecule is [CH3-].[Cu+].[Li+].[c-]1cccs1. The molecule has 0 unspecified atom stereocenters. The maximum atomic E-state index is 2.90. The Labute approximate surface area is 77.3 Å². The predicted molar refractivity (Wildman–Crippen MR) is 29.6 cm³/mol. The first-order chi connectivity index (χ1) is 2.50. The second-order valence-electron chi connectivity index (χ2n) is 0.731. The minimum Gasteiger partial charge on any atom is -0.358 e. The van der Waals surface area contributed by atoms with Crippen LogP contribution in [0.25, 0.3) is 0 Å². The summed E-state index contributed by atoms with van der Waals surface area (Å²) in [5.41, 5.74) is 0. The van der Waals surface area contributed by atoms with Gasteiger partial charge in [-0.3, -0.25) is 0 Å². The predicted octanol–water partition coefficient (Wildman–Crippen LogP) is -1.000. The first kappa shape index (κ1) is 15.9. The topological polar surface area (TPSA) is 0 Å². The van der Waals surface area contributed by atoms with E-state index in [2.05, 4.69) is 5.38 Å². The molecule has 0 saturated heterocycles. The van der Waals surface area contributed by atoms with E-state index in [4.69, 9.17) is 0 Å². The molecule has 0 aliphatic heterocycles. The molecule has 0 spiro atoms. The fourth-order valence-electron chi connectivity index (χ4n) is 0.196. The van der Waals surface area contributed by atoms with Gasteiger partial charge < -0.3 is 18.8 Å². The first-order valence-corrected chi connectivity index (χ1v) is 2.27. The van der Waals surface area contributed by atoms with Crippen molar-refractivity contribution in [2.75, 3.05) is 0 Å². The van der Waals surface area contributed by atoms with Crippen LogP contribution in [0, 0.1) is 12.8 Å². The molecule has 0 N–H and O–H groups in total. The van der Waals surface area contributed by atoms with Crippen molar-refractivity contribution in [1.29, 1.82) is 0 Å². The van der Waals surface area contributed by atoms with E-state index < -0.39 is 0 Å². The Morgan fingerprint density at radius 2 is 2.00 bits per heavy atom. The molecule has 0 aliphatic rings. The second-order valence-corrected chi connectivity index (χ2v) is 1.47. The van der Waals surface area contributed by atoms with Crippen LogP contribution in [0.5, 0.6) is 0 Å². The van der Waals surface area contributed by atoms with E-state index in [0.717, 1.165) is 0 Å². The molecule has 1 aromatic rings. The van der Waals surface area contributed by atoms with Gasteiger partial charge in [-0.05, 0) is 0 Å². The van der Waals surface area contributed by atoms with Gasteiger partial charge in [-0.2, -0.15) is 11.4 Å². The fourth-order valence-corrected chi connectivity index (χ4v) is 0.589. The summed E-state index contributed by atoms with van der Waals surface area (Å²) < 4.78 is 0. The molecule has 0 saturated carbocycles. The van der Waals surface area contributed by atoms with E-state index >= 15 is 0 Å². The summed E-state index contributed by atoms with van der Waals surface area (Å²) in [4.78, 5) is 0. The number of rotatable bonds is 0. The molecule has 1 aromatic heterocycles. The van der Waals surface area contributed by atoms with Crippen LogP contribution in [0.3, 0.4) is 0 Å². The molecule has 0 fully saturated rings. The molecular formula is C5H6CuLiS. The van der Waals surface area contributed by atoms with Gasteiger partial charge in [0.1, 0.15) is 0 Å². The van der Waals surface area contributed by atoms with Crippen LogP contribution in [0.1, 0.15) is 0 Å². The van der Waals surface area contributed by atoms with Gasteiger partial charge in [0, 0.05) is 0 Å². The van der Waals surface area contributed by atoms with E-state index in [0.29, 0.717) is 0 Å². The van der Waals surface area contributed by atoms with Gasteiger partial charge in [0.15, 0.2) is 0 Å². The summed E-state index contributed by atoms with van der Waals surface area (Å²) in [7, 11) is 0. The van der Waals surface area contributed by atoms with Gasteiger partial charge in [-0.25, -0.2) is 6.07 Å². The van der Waals surface area contributed by atoms with Gasteiger partial charge in [-0.15, -0.1) is 5.38 Å². The molecule has 0 aromatic carbocycles. The summed E-state index contributed by atoms with van der Waals surface area (Å²) in [5.74, 6) is 0. The van der Waals surface area contributed by atoms with Crippen molar-refractivity contribution in [3.8, 4) is 0 Å². The van der Waals surface area contributed by atoms with Gasteiger partial charge in [0.05, 0.1) is 0 Å². The third-order valence-corrected chi connectivity index (χ3v) is 0.944. The minimum absolute atomic E-state index is 0. The zero-order valence-corrected chi connectivity index (χ0v) is 6.70. The van der Waals surface area contributed by atoms with Crippen molar-refractivity contribution in [3.63, 3.8) is 0 Å². The molecule has 44 valence electrons. The van der Waals surface area contributed by atoms with Crippen LogP contribution in [0.4, 0.5) is 0 Å². The Balaban J connectivity index is -0.0000000833. The van der Waals surface area contributed by atoms with Crippen LogP contribution in [0.2, 0.25) is 0 Å². The maximum absolute atomic E-state index is 2.90. The molecule has 0 atom stereocenters. The number of hydrogen-bond donors (Lipinski definition) is 0. The second kappa shape index (κ2) is 10.7. The molecule has 3 heteroatoms. The van der Waals surface area contributed by atoms with Crippen molar-refractivity contribution in [2.45, 2.75) is 0 Å². The van der Waals surface area contributed by atoms with Crippen LogP contribution in [-0.4, -0.2) is 0 Å². The summed E-state index contributed by atoms with van der Waals surface area (Å²) in [6, 6.07) is 3.86.